The van der Waals surface area contributed by atoms with Crippen molar-refractivity contribution < 1.29 is 0 Å². The molecule has 11 rings (SSSR count). The second-order valence-electron chi connectivity index (χ2n) is 14.7. The number of rotatable bonds is 5. The minimum atomic E-state index is -2.51. The molecule has 6 heteroatoms. The zero-order chi connectivity index (χ0) is 37.9. The molecule has 0 saturated heterocycles. The maximum atomic E-state index is 7.16. The third kappa shape index (κ3) is 5.49. The summed E-state index contributed by atoms with van der Waals surface area (Å²) in [7, 11) is 0. The van der Waals surface area contributed by atoms with Crippen LogP contribution in [0.25, 0.3) is 44.4 Å². The lowest BCUT2D eigenvalue weighted by Gasteiger charge is -2.32. The van der Waals surface area contributed by atoms with Crippen LogP contribution in [-0.4, -0.2) is 15.0 Å². The monoisotopic (exact) mass is 766 g/mol. The fourth-order valence-corrected chi connectivity index (χ4v) is 13.4. The van der Waals surface area contributed by atoms with Gasteiger partial charge in [-0.25, -0.2) is 15.0 Å². The average Bonchev–Trinajstić information content (AvgIpc) is 3.47. The maximum absolute atomic E-state index is 7.16. The minimum absolute atomic E-state index is 0.0201. The van der Waals surface area contributed by atoms with Crippen LogP contribution in [0.5, 0.6) is 0 Å². The molecule has 2 aliphatic heterocycles. The van der Waals surface area contributed by atoms with Gasteiger partial charge in [0.05, 0.1) is 11.4 Å². The first-order chi connectivity index (χ1) is 28.1. The molecule has 1 aliphatic carbocycles. The summed E-state index contributed by atoms with van der Waals surface area (Å²) in [6.07, 6.45) is 7.60. The zero-order valence-corrected chi connectivity index (χ0v) is 32.6. The zero-order valence-electron chi connectivity index (χ0n) is 30.9. The van der Waals surface area contributed by atoms with Crippen LogP contribution in [0.1, 0.15) is 34.9 Å². The Kier molecular flexibility index (Phi) is 8.06. The van der Waals surface area contributed by atoms with Crippen LogP contribution < -0.4 is 15.5 Å². The normalized spacial score (nSPS) is 18.0. The SMILES string of the molecule is S=P1(c2ccc3ccccc3c2)C2=C(c3ccccc3N(C3=CCC(c4nc(-c5ccccc5)nc(-c5ccccc5)n4)C=C3)c3ccccc32)c2ccccc21. The van der Waals surface area contributed by atoms with Crippen molar-refractivity contribution in [2.45, 2.75) is 12.3 Å². The van der Waals surface area contributed by atoms with Crippen LogP contribution in [0.4, 0.5) is 11.4 Å². The number of nitrogens with zero attached hydrogens (tertiary/aromatic N) is 4. The summed E-state index contributed by atoms with van der Waals surface area (Å²) in [6, 6.07) is 59.9. The summed E-state index contributed by atoms with van der Waals surface area (Å²) >= 11 is 7.16. The van der Waals surface area contributed by atoms with Crippen molar-refractivity contribution >= 4 is 61.5 Å². The molecule has 0 saturated carbocycles. The van der Waals surface area contributed by atoms with Crippen molar-refractivity contribution in [2.75, 3.05) is 4.90 Å². The fraction of sp³-hybridized carbons (Fsp3) is 0.0392. The number of anilines is 2. The number of allylic oxidation sites excluding steroid dienone is 3. The number of aromatic nitrogens is 3. The van der Waals surface area contributed by atoms with E-state index in [2.05, 4.69) is 163 Å². The van der Waals surface area contributed by atoms with Crippen molar-refractivity contribution in [3.63, 3.8) is 0 Å². The van der Waals surface area contributed by atoms with Gasteiger partial charge in [-0.2, -0.15) is 0 Å². The van der Waals surface area contributed by atoms with Gasteiger partial charge in [-0.15, -0.1) is 0 Å². The molecule has 2 unspecified atom stereocenters. The molecular formula is C51H35N4PS. The lowest BCUT2D eigenvalue weighted by Crippen LogP contribution is -2.20. The quantitative estimate of drug-likeness (QED) is 0.163. The van der Waals surface area contributed by atoms with E-state index in [9.17, 15) is 0 Å². The van der Waals surface area contributed by atoms with Gasteiger partial charge in [0, 0.05) is 56.1 Å². The second-order valence-corrected chi connectivity index (χ2v) is 19.0. The van der Waals surface area contributed by atoms with Crippen LogP contribution in [0, 0.1) is 0 Å². The van der Waals surface area contributed by atoms with E-state index >= 15 is 0 Å². The first-order valence-electron chi connectivity index (χ1n) is 19.3. The highest BCUT2D eigenvalue weighted by atomic mass is 32.4. The Morgan fingerprint density at radius 2 is 1.12 bits per heavy atom. The smallest absolute Gasteiger partial charge is 0.163 e. The Morgan fingerprint density at radius 1 is 0.544 bits per heavy atom. The molecule has 57 heavy (non-hydrogen) atoms. The van der Waals surface area contributed by atoms with Crippen LogP contribution in [0.2, 0.25) is 0 Å². The molecular weight excluding hydrogens is 732 g/mol. The van der Waals surface area contributed by atoms with Gasteiger partial charge in [-0.1, -0.05) is 182 Å². The molecule has 0 bridgehead atoms. The van der Waals surface area contributed by atoms with Gasteiger partial charge >= 0.3 is 0 Å². The van der Waals surface area contributed by atoms with Crippen LogP contribution in [0.15, 0.2) is 200 Å². The number of hydrogen-bond donors (Lipinski definition) is 0. The molecule has 7 aromatic carbocycles. The van der Waals surface area contributed by atoms with Gasteiger partial charge in [0.1, 0.15) is 5.82 Å². The summed E-state index contributed by atoms with van der Waals surface area (Å²) in [5, 5.41) is 6.19. The minimum Gasteiger partial charge on any atom is -0.310 e. The largest absolute Gasteiger partial charge is 0.310 e. The van der Waals surface area contributed by atoms with E-state index in [-0.39, 0.29) is 5.92 Å². The second kappa shape index (κ2) is 13.6. The van der Waals surface area contributed by atoms with Gasteiger partial charge in [-0.3, -0.25) is 0 Å². The van der Waals surface area contributed by atoms with E-state index in [0.717, 1.165) is 40.4 Å². The van der Waals surface area contributed by atoms with Gasteiger partial charge in [-0.05, 0) is 52.3 Å². The lowest BCUT2D eigenvalue weighted by atomic mass is 9.95. The lowest BCUT2D eigenvalue weighted by molar-refractivity contribution is 0.757. The van der Waals surface area contributed by atoms with E-state index in [1.165, 1.54) is 49.0 Å². The van der Waals surface area contributed by atoms with Crippen LogP contribution >= 0.6 is 6.04 Å². The number of fused-ring (bicyclic) bond motifs is 7. The molecule has 0 fully saturated rings. The third-order valence-electron chi connectivity index (χ3n) is 11.4. The molecule has 8 aromatic rings. The van der Waals surface area contributed by atoms with Gasteiger partial charge in [0.15, 0.2) is 11.6 Å². The van der Waals surface area contributed by atoms with E-state index in [1.54, 1.807) is 0 Å². The molecule has 2 atom stereocenters. The predicted molar refractivity (Wildman–Crippen MR) is 240 cm³/mol. The van der Waals surface area contributed by atoms with E-state index in [0.29, 0.717) is 11.6 Å². The molecule has 3 heterocycles. The van der Waals surface area contributed by atoms with E-state index in [1.807, 2.05) is 36.4 Å². The summed E-state index contributed by atoms with van der Waals surface area (Å²) in [6.45, 7) is 0. The summed E-state index contributed by atoms with van der Waals surface area (Å²) < 4.78 is 0. The van der Waals surface area contributed by atoms with Gasteiger partial charge in [0.25, 0.3) is 0 Å². The standard InChI is InChI=1S/C51H35N4PS/c57-56(40-32-29-34-15-7-8-20-38(34)33-40)46-26-14-11-23-43(46)47-41-21-9-12-24-44(41)55(45-25-13-10-22-42(45)48(47)56)39-30-27-37(28-31-39)51-53-49(35-16-3-1-4-17-35)52-50(54-51)36-18-5-2-6-19-36/h1-27,29-33,37H,28H2. The third-order valence-corrected chi connectivity index (χ3v) is 16.3. The van der Waals surface area contributed by atoms with Crippen molar-refractivity contribution in [2.24, 2.45) is 0 Å². The van der Waals surface area contributed by atoms with Gasteiger partial charge < -0.3 is 4.90 Å². The summed E-state index contributed by atoms with van der Waals surface area (Å²) in [5.41, 5.74) is 10.2. The molecule has 0 spiro atoms. The molecule has 4 nitrogen and oxygen atoms in total. The average molecular weight is 767 g/mol. The molecule has 0 radical (unpaired) electrons. The maximum Gasteiger partial charge on any atom is 0.163 e. The fourth-order valence-electron chi connectivity index (χ4n) is 8.70. The van der Waals surface area contributed by atoms with Crippen molar-refractivity contribution in [1.82, 2.24) is 15.0 Å². The number of para-hydroxylation sites is 2. The first-order valence-corrected chi connectivity index (χ1v) is 22.1. The Labute approximate surface area is 337 Å². The highest BCUT2D eigenvalue weighted by Gasteiger charge is 2.43. The van der Waals surface area contributed by atoms with Crippen LogP contribution in [0.3, 0.4) is 0 Å². The topological polar surface area (TPSA) is 41.9 Å². The first kappa shape index (κ1) is 33.8. The van der Waals surface area contributed by atoms with Crippen LogP contribution in [-0.2, 0) is 11.8 Å². The summed E-state index contributed by atoms with van der Waals surface area (Å²) in [5.74, 6) is 2.11. The van der Waals surface area contributed by atoms with E-state index < -0.39 is 6.04 Å². The predicted octanol–water partition coefficient (Wildman–Crippen LogP) is 11.8. The Bertz CT molecular complexity index is 2980. The Morgan fingerprint density at radius 3 is 1.81 bits per heavy atom. The Hall–Kier alpha value is -6.52. The molecule has 0 amide bonds. The van der Waals surface area contributed by atoms with E-state index in [4.69, 9.17) is 26.8 Å². The highest BCUT2D eigenvalue weighted by molar-refractivity contribution is 8.27. The Balaban J connectivity index is 1.05. The highest BCUT2D eigenvalue weighted by Crippen LogP contribution is 2.68. The van der Waals surface area contributed by atoms with Crippen molar-refractivity contribution in [3.8, 4) is 22.8 Å². The summed E-state index contributed by atoms with van der Waals surface area (Å²) in [4.78, 5) is 17.5. The van der Waals surface area contributed by atoms with Crippen molar-refractivity contribution in [3.05, 3.63) is 222 Å². The molecule has 3 aliphatic rings. The van der Waals surface area contributed by atoms with Crippen molar-refractivity contribution in [1.29, 1.82) is 0 Å². The molecule has 1 aromatic heterocycles. The number of benzene rings is 7. The van der Waals surface area contributed by atoms with Gasteiger partial charge in [0.2, 0.25) is 0 Å². The number of hydrogen-bond acceptors (Lipinski definition) is 5. The molecule has 0 N–H and O–H groups in total. The molecule has 270 valence electrons.